The normalized spacial score (nSPS) is 29.6. The average Bonchev–Trinajstić information content (AvgIpc) is 2.59. The van der Waals surface area contributed by atoms with Crippen LogP contribution in [-0.2, 0) is 11.8 Å². The van der Waals surface area contributed by atoms with Crippen molar-refractivity contribution in [2.75, 3.05) is 5.75 Å². The minimum Gasteiger partial charge on any atom is -0.384 e. The molecule has 0 amide bonds. The SMILES string of the molecule is CC1SCCC1(O)c1cnccc1C(F)(F)F. The number of nitrogens with zero attached hydrogens (tertiary/aromatic N) is 1. The highest BCUT2D eigenvalue weighted by atomic mass is 32.2. The molecule has 94 valence electrons. The largest absolute Gasteiger partial charge is 0.416 e. The van der Waals surface area contributed by atoms with Crippen molar-refractivity contribution in [2.45, 2.75) is 30.4 Å². The third-order valence-corrected chi connectivity index (χ3v) is 4.45. The lowest BCUT2D eigenvalue weighted by atomic mass is 9.86. The second-order valence-electron chi connectivity index (χ2n) is 4.11. The Hall–Kier alpha value is -0.750. The molecule has 1 N–H and O–H groups in total. The molecule has 0 saturated carbocycles. The summed E-state index contributed by atoms with van der Waals surface area (Å²) in [5.74, 6) is 0.657. The number of hydrogen-bond acceptors (Lipinski definition) is 3. The van der Waals surface area contributed by atoms with Crippen LogP contribution in [0.2, 0.25) is 0 Å². The first-order valence-electron chi connectivity index (χ1n) is 5.21. The summed E-state index contributed by atoms with van der Waals surface area (Å²) in [6.45, 7) is 1.74. The second kappa shape index (κ2) is 4.17. The number of aliphatic hydroxyl groups is 1. The monoisotopic (exact) mass is 263 g/mol. The van der Waals surface area contributed by atoms with E-state index < -0.39 is 17.3 Å². The molecule has 0 aromatic carbocycles. The Morgan fingerprint density at radius 2 is 2.24 bits per heavy atom. The zero-order valence-electron chi connectivity index (χ0n) is 9.16. The number of thioether (sulfide) groups is 1. The third-order valence-electron chi connectivity index (χ3n) is 3.12. The van der Waals surface area contributed by atoms with E-state index in [2.05, 4.69) is 4.98 Å². The van der Waals surface area contributed by atoms with E-state index in [0.29, 0.717) is 12.2 Å². The first kappa shape index (κ1) is 12.7. The summed E-state index contributed by atoms with van der Waals surface area (Å²) < 4.78 is 38.6. The molecule has 0 radical (unpaired) electrons. The Labute approximate surface area is 101 Å². The molecule has 2 rings (SSSR count). The van der Waals surface area contributed by atoms with Gasteiger partial charge in [-0.1, -0.05) is 6.92 Å². The van der Waals surface area contributed by atoms with Crippen LogP contribution in [-0.4, -0.2) is 21.1 Å². The maximum atomic E-state index is 12.9. The highest BCUT2D eigenvalue weighted by molar-refractivity contribution is 8.00. The van der Waals surface area contributed by atoms with Crippen molar-refractivity contribution in [3.63, 3.8) is 0 Å². The number of alkyl halides is 3. The van der Waals surface area contributed by atoms with Gasteiger partial charge in [0, 0.05) is 23.2 Å². The van der Waals surface area contributed by atoms with Gasteiger partial charge < -0.3 is 5.11 Å². The van der Waals surface area contributed by atoms with E-state index in [1.54, 1.807) is 6.92 Å². The summed E-state index contributed by atoms with van der Waals surface area (Å²) in [5, 5.41) is 10.2. The number of aromatic nitrogens is 1. The molecule has 0 bridgehead atoms. The molecule has 0 spiro atoms. The molecular formula is C11H12F3NOS. The zero-order chi connectivity index (χ0) is 12.7. The molecule has 1 aromatic heterocycles. The Balaban J connectivity index is 2.52. The van der Waals surface area contributed by atoms with Gasteiger partial charge in [0.15, 0.2) is 0 Å². The van der Waals surface area contributed by atoms with E-state index in [-0.39, 0.29) is 10.8 Å². The van der Waals surface area contributed by atoms with Crippen LogP contribution < -0.4 is 0 Å². The van der Waals surface area contributed by atoms with Gasteiger partial charge in [-0.3, -0.25) is 4.98 Å². The molecule has 2 atom stereocenters. The minimum absolute atomic E-state index is 0.106. The topological polar surface area (TPSA) is 33.1 Å². The van der Waals surface area contributed by atoms with Gasteiger partial charge in [0.05, 0.1) is 5.56 Å². The first-order chi connectivity index (χ1) is 7.86. The minimum atomic E-state index is -4.46. The fourth-order valence-electron chi connectivity index (χ4n) is 2.07. The van der Waals surface area contributed by atoms with Crippen LogP contribution in [0, 0.1) is 0 Å². The third kappa shape index (κ3) is 2.15. The molecule has 2 heterocycles. The molecule has 1 aromatic rings. The molecule has 1 fully saturated rings. The summed E-state index contributed by atoms with van der Waals surface area (Å²) in [7, 11) is 0. The Morgan fingerprint density at radius 1 is 1.53 bits per heavy atom. The van der Waals surface area contributed by atoms with Gasteiger partial charge in [-0.2, -0.15) is 24.9 Å². The Kier molecular flexibility index (Phi) is 3.12. The van der Waals surface area contributed by atoms with E-state index in [1.807, 2.05) is 0 Å². The molecule has 17 heavy (non-hydrogen) atoms. The first-order valence-corrected chi connectivity index (χ1v) is 6.26. The quantitative estimate of drug-likeness (QED) is 0.845. The van der Waals surface area contributed by atoms with Crippen molar-refractivity contribution in [3.05, 3.63) is 29.6 Å². The predicted molar refractivity (Wildman–Crippen MR) is 59.7 cm³/mol. The Morgan fingerprint density at radius 3 is 2.76 bits per heavy atom. The number of rotatable bonds is 1. The van der Waals surface area contributed by atoms with Crippen LogP contribution in [0.3, 0.4) is 0 Å². The van der Waals surface area contributed by atoms with Gasteiger partial charge in [0.1, 0.15) is 5.60 Å². The maximum Gasteiger partial charge on any atom is 0.416 e. The van der Waals surface area contributed by atoms with E-state index in [1.165, 1.54) is 11.8 Å². The fourth-order valence-corrected chi connectivity index (χ4v) is 3.38. The van der Waals surface area contributed by atoms with Crippen molar-refractivity contribution in [3.8, 4) is 0 Å². The summed E-state index contributed by atoms with van der Waals surface area (Å²) >= 11 is 1.47. The van der Waals surface area contributed by atoms with Crippen molar-refractivity contribution in [2.24, 2.45) is 0 Å². The molecule has 2 unspecified atom stereocenters. The van der Waals surface area contributed by atoms with Gasteiger partial charge in [-0.25, -0.2) is 0 Å². The fraction of sp³-hybridized carbons (Fsp3) is 0.545. The van der Waals surface area contributed by atoms with Crippen molar-refractivity contribution in [1.29, 1.82) is 0 Å². The summed E-state index contributed by atoms with van der Waals surface area (Å²) in [5.41, 5.74) is -2.32. The van der Waals surface area contributed by atoms with Crippen LogP contribution in [0.25, 0.3) is 0 Å². The molecule has 1 aliphatic heterocycles. The van der Waals surface area contributed by atoms with Gasteiger partial charge in [-0.05, 0) is 18.2 Å². The standard InChI is InChI=1S/C11H12F3NOS/c1-7-10(16,3-5-17-7)9-6-15-4-2-8(9)11(12,13)14/h2,4,6-7,16H,3,5H2,1H3. The van der Waals surface area contributed by atoms with Crippen LogP contribution >= 0.6 is 11.8 Å². The molecular weight excluding hydrogens is 251 g/mol. The van der Waals surface area contributed by atoms with E-state index >= 15 is 0 Å². The summed E-state index contributed by atoms with van der Waals surface area (Å²) in [4.78, 5) is 3.71. The van der Waals surface area contributed by atoms with Crippen molar-refractivity contribution < 1.29 is 18.3 Å². The van der Waals surface area contributed by atoms with Gasteiger partial charge >= 0.3 is 6.18 Å². The summed E-state index contributed by atoms with van der Waals surface area (Å²) in [6, 6.07) is 0.920. The van der Waals surface area contributed by atoms with Crippen molar-refractivity contribution in [1.82, 2.24) is 4.98 Å². The van der Waals surface area contributed by atoms with Gasteiger partial charge in [0.2, 0.25) is 0 Å². The number of halogens is 3. The molecule has 6 heteroatoms. The lowest BCUT2D eigenvalue weighted by Gasteiger charge is -2.29. The number of pyridine rings is 1. The van der Waals surface area contributed by atoms with Crippen LogP contribution in [0.5, 0.6) is 0 Å². The van der Waals surface area contributed by atoms with Crippen LogP contribution in [0.1, 0.15) is 24.5 Å². The van der Waals surface area contributed by atoms with Crippen LogP contribution in [0.4, 0.5) is 13.2 Å². The molecule has 1 aliphatic rings. The van der Waals surface area contributed by atoms with E-state index in [0.717, 1.165) is 18.5 Å². The van der Waals surface area contributed by atoms with Crippen molar-refractivity contribution >= 4 is 11.8 Å². The lowest BCUT2D eigenvalue weighted by Crippen LogP contribution is -2.34. The smallest absolute Gasteiger partial charge is 0.384 e. The van der Waals surface area contributed by atoms with E-state index in [4.69, 9.17) is 0 Å². The number of hydrogen-bond donors (Lipinski definition) is 1. The van der Waals surface area contributed by atoms with Gasteiger partial charge in [-0.15, -0.1) is 0 Å². The summed E-state index contributed by atoms with van der Waals surface area (Å²) in [6.07, 6.45) is -1.90. The van der Waals surface area contributed by atoms with Crippen LogP contribution in [0.15, 0.2) is 18.5 Å². The lowest BCUT2D eigenvalue weighted by molar-refractivity contribution is -0.140. The Bertz CT molecular complexity index is 423. The molecule has 1 saturated heterocycles. The predicted octanol–water partition coefficient (Wildman–Crippen LogP) is 2.81. The van der Waals surface area contributed by atoms with Gasteiger partial charge in [0.25, 0.3) is 0 Å². The molecule has 2 nitrogen and oxygen atoms in total. The highest BCUT2D eigenvalue weighted by Crippen LogP contribution is 2.46. The van der Waals surface area contributed by atoms with E-state index in [9.17, 15) is 18.3 Å². The maximum absolute atomic E-state index is 12.9. The zero-order valence-corrected chi connectivity index (χ0v) is 9.98. The highest BCUT2D eigenvalue weighted by Gasteiger charge is 2.46. The molecule has 0 aliphatic carbocycles. The second-order valence-corrected chi connectivity index (χ2v) is 5.55. The average molecular weight is 263 g/mol.